The molecule has 1 fully saturated rings. The Kier molecular flexibility index (Phi) is 5.41. The summed E-state index contributed by atoms with van der Waals surface area (Å²) in [5.41, 5.74) is 4.54. The lowest BCUT2D eigenvalue weighted by Crippen LogP contribution is -2.40. The zero-order valence-corrected chi connectivity index (χ0v) is 16.2. The van der Waals surface area contributed by atoms with Crippen LogP contribution in [0, 0.1) is 6.92 Å². The predicted octanol–water partition coefficient (Wildman–Crippen LogP) is 5.19. The molecule has 0 radical (unpaired) electrons. The number of hydrogen-bond donors (Lipinski definition) is 1. The molecular weight excluding hydrogens is 377 g/mol. The van der Waals surface area contributed by atoms with Gasteiger partial charge in [0.2, 0.25) is 0 Å². The van der Waals surface area contributed by atoms with E-state index in [0.717, 1.165) is 46.9 Å². The van der Waals surface area contributed by atoms with Crippen LogP contribution in [0.1, 0.15) is 30.3 Å². The number of pyridine rings is 1. The SMILES string of the molecule is Cc1[nH]c([C@@H]2CCCN(CC(F)(F)F)C2)nc1-c1ccc(-c2ccccc2)nc1. The lowest BCUT2D eigenvalue weighted by atomic mass is 9.97. The van der Waals surface area contributed by atoms with E-state index in [9.17, 15) is 13.2 Å². The van der Waals surface area contributed by atoms with E-state index in [2.05, 4.69) is 9.97 Å². The molecule has 3 heterocycles. The van der Waals surface area contributed by atoms with Crippen LogP contribution in [0.15, 0.2) is 48.7 Å². The van der Waals surface area contributed by atoms with E-state index in [1.807, 2.05) is 49.4 Å². The lowest BCUT2D eigenvalue weighted by Gasteiger charge is -2.32. The molecule has 1 aliphatic heterocycles. The van der Waals surface area contributed by atoms with Crippen molar-refractivity contribution in [2.45, 2.75) is 31.9 Å². The fourth-order valence-electron chi connectivity index (χ4n) is 3.95. The quantitative estimate of drug-likeness (QED) is 0.656. The average molecular weight is 400 g/mol. The highest BCUT2D eigenvalue weighted by Crippen LogP contribution is 2.31. The zero-order valence-electron chi connectivity index (χ0n) is 16.2. The number of H-pyrrole nitrogens is 1. The van der Waals surface area contributed by atoms with Crippen molar-refractivity contribution >= 4 is 0 Å². The highest BCUT2D eigenvalue weighted by molar-refractivity contribution is 5.66. The number of aromatic nitrogens is 3. The maximum absolute atomic E-state index is 12.7. The third-order valence-electron chi connectivity index (χ3n) is 5.30. The second kappa shape index (κ2) is 7.99. The van der Waals surface area contributed by atoms with Crippen molar-refractivity contribution in [3.63, 3.8) is 0 Å². The van der Waals surface area contributed by atoms with Gasteiger partial charge >= 0.3 is 6.18 Å². The number of likely N-dealkylation sites (tertiary alicyclic amines) is 1. The molecule has 0 bridgehead atoms. The van der Waals surface area contributed by atoms with Gasteiger partial charge < -0.3 is 4.98 Å². The summed E-state index contributed by atoms with van der Waals surface area (Å²) in [4.78, 5) is 14.1. The summed E-state index contributed by atoms with van der Waals surface area (Å²) in [5.74, 6) is 0.742. The molecule has 4 rings (SSSR count). The van der Waals surface area contributed by atoms with E-state index in [4.69, 9.17) is 4.98 Å². The Hall–Kier alpha value is -2.67. The molecule has 1 N–H and O–H groups in total. The molecule has 7 heteroatoms. The molecule has 1 atom stereocenters. The summed E-state index contributed by atoms with van der Waals surface area (Å²) in [6.45, 7) is 1.93. The van der Waals surface area contributed by atoms with Gasteiger partial charge in [0.15, 0.2) is 0 Å². The number of hydrogen-bond acceptors (Lipinski definition) is 3. The van der Waals surface area contributed by atoms with Crippen molar-refractivity contribution in [2.24, 2.45) is 0 Å². The van der Waals surface area contributed by atoms with Crippen LogP contribution in [0.25, 0.3) is 22.5 Å². The topological polar surface area (TPSA) is 44.8 Å². The minimum atomic E-state index is -4.17. The van der Waals surface area contributed by atoms with Gasteiger partial charge in [-0.25, -0.2) is 4.98 Å². The molecule has 0 unspecified atom stereocenters. The van der Waals surface area contributed by atoms with E-state index in [1.54, 1.807) is 6.20 Å². The van der Waals surface area contributed by atoms with E-state index in [0.29, 0.717) is 13.1 Å². The Morgan fingerprint density at radius 2 is 1.90 bits per heavy atom. The summed E-state index contributed by atoms with van der Waals surface area (Å²) < 4.78 is 38.2. The molecular formula is C22H23F3N4. The minimum Gasteiger partial charge on any atom is -0.345 e. The molecule has 1 aromatic carbocycles. The fourth-order valence-corrected chi connectivity index (χ4v) is 3.95. The van der Waals surface area contributed by atoms with Crippen LogP contribution in [-0.2, 0) is 0 Å². The number of rotatable bonds is 4. The van der Waals surface area contributed by atoms with Crippen LogP contribution in [-0.4, -0.2) is 45.7 Å². The van der Waals surface area contributed by atoms with E-state index in [-0.39, 0.29) is 5.92 Å². The van der Waals surface area contributed by atoms with Gasteiger partial charge in [0, 0.05) is 35.5 Å². The first-order chi connectivity index (χ1) is 13.9. The third-order valence-corrected chi connectivity index (χ3v) is 5.30. The molecule has 152 valence electrons. The van der Waals surface area contributed by atoms with Crippen LogP contribution in [0.4, 0.5) is 13.2 Å². The second-order valence-corrected chi connectivity index (χ2v) is 7.58. The normalized spacial score (nSPS) is 18.1. The lowest BCUT2D eigenvalue weighted by molar-refractivity contribution is -0.148. The highest BCUT2D eigenvalue weighted by Gasteiger charge is 2.34. The standard InChI is InChI=1S/C22H23F3N4/c1-15-20(17-9-10-19(26-12-17)16-6-3-2-4-7-16)28-21(27-15)18-8-5-11-29(13-18)14-22(23,24)25/h2-4,6-7,9-10,12,18H,5,8,11,13-14H2,1H3,(H,27,28)/t18-/m1/s1. The number of aromatic amines is 1. The smallest absolute Gasteiger partial charge is 0.345 e. The van der Waals surface area contributed by atoms with Crippen molar-refractivity contribution in [3.05, 3.63) is 60.2 Å². The van der Waals surface area contributed by atoms with Gasteiger partial charge in [0.05, 0.1) is 17.9 Å². The highest BCUT2D eigenvalue weighted by atomic mass is 19.4. The van der Waals surface area contributed by atoms with Gasteiger partial charge in [0.1, 0.15) is 5.82 Å². The van der Waals surface area contributed by atoms with Gasteiger partial charge in [0.25, 0.3) is 0 Å². The number of halogens is 3. The number of benzene rings is 1. The van der Waals surface area contributed by atoms with Crippen molar-refractivity contribution in [1.82, 2.24) is 19.9 Å². The maximum atomic E-state index is 12.7. The Morgan fingerprint density at radius 3 is 2.59 bits per heavy atom. The number of nitrogens with zero attached hydrogens (tertiary/aromatic N) is 3. The minimum absolute atomic E-state index is 0.0184. The maximum Gasteiger partial charge on any atom is 0.401 e. The van der Waals surface area contributed by atoms with Crippen molar-refractivity contribution in [1.29, 1.82) is 0 Å². The molecule has 2 aromatic heterocycles. The summed E-state index contributed by atoms with van der Waals surface area (Å²) >= 11 is 0. The third kappa shape index (κ3) is 4.67. The summed E-state index contributed by atoms with van der Waals surface area (Å²) in [7, 11) is 0. The Bertz CT molecular complexity index is 948. The summed E-state index contributed by atoms with van der Waals surface area (Å²) in [6.07, 6.45) is -0.792. The monoisotopic (exact) mass is 400 g/mol. The second-order valence-electron chi connectivity index (χ2n) is 7.58. The molecule has 0 saturated carbocycles. The van der Waals surface area contributed by atoms with Gasteiger partial charge in [-0.05, 0) is 38.4 Å². The number of nitrogens with one attached hydrogen (secondary N) is 1. The van der Waals surface area contributed by atoms with Gasteiger partial charge in [-0.15, -0.1) is 0 Å². The summed E-state index contributed by atoms with van der Waals surface area (Å²) in [5, 5.41) is 0. The molecule has 0 spiro atoms. The Labute approximate surface area is 167 Å². The molecule has 3 aromatic rings. The van der Waals surface area contributed by atoms with Crippen molar-refractivity contribution < 1.29 is 13.2 Å². The van der Waals surface area contributed by atoms with Crippen LogP contribution in [0.3, 0.4) is 0 Å². The number of alkyl halides is 3. The number of piperidine rings is 1. The molecule has 1 saturated heterocycles. The van der Waals surface area contributed by atoms with Crippen LogP contribution < -0.4 is 0 Å². The molecule has 29 heavy (non-hydrogen) atoms. The first-order valence-electron chi connectivity index (χ1n) is 9.76. The van der Waals surface area contributed by atoms with E-state index >= 15 is 0 Å². The van der Waals surface area contributed by atoms with Gasteiger partial charge in [-0.1, -0.05) is 30.3 Å². The molecule has 1 aliphatic rings. The number of aryl methyl sites for hydroxylation is 1. The Balaban J connectivity index is 1.52. The summed E-state index contributed by atoms with van der Waals surface area (Å²) in [6, 6.07) is 13.9. The fraction of sp³-hybridized carbons (Fsp3) is 0.364. The largest absolute Gasteiger partial charge is 0.401 e. The van der Waals surface area contributed by atoms with E-state index < -0.39 is 12.7 Å². The zero-order chi connectivity index (χ0) is 20.4. The average Bonchev–Trinajstić information content (AvgIpc) is 3.09. The predicted molar refractivity (Wildman–Crippen MR) is 106 cm³/mol. The first kappa shape index (κ1) is 19.6. The molecule has 0 aliphatic carbocycles. The van der Waals surface area contributed by atoms with Crippen LogP contribution in [0.2, 0.25) is 0 Å². The van der Waals surface area contributed by atoms with Crippen LogP contribution in [0.5, 0.6) is 0 Å². The Morgan fingerprint density at radius 1 is 1.10 bits per heavy atom. The van der Waals surface area contributed by atoms with Gasteiger partial charge in [-0.2, -0.15) is 13.2 Å². The van der Waals surface area contributed by atoms with Crippen molar-refractivity contribution in [2.75, 3.05) is 19.6 Å². The van der Waals surface area contributed by atoms with Crippen molar-refractivity contribution in [3.8, 4) is 22.5 Å². The van der Waals surface area contributed by atoms with Gasteiger partial charge in [-0.3, -0.25) is 9.88 Å². The van der Waals surface area contributed by atoms with Crippen LogP contribution >= 0.6 is 0 Å². The molecule has 0 amide bonds. The van der Waals surface area contributed by atoms with E-state index in [1.165, 1.54) is 4.90 Å². The first-order valence-corrected chi connectivity index (χ1v) is 9.76. The molecule has 4 nitrogen and oxygen atoms in total. The number of imidazole rings is 1.